The number of rotatable bonds is 7. The van der Waals surface area contributed by atoms with Crippen molar-refractivity contribution in [2.45, 2.75) is 6.92 Å². The van der Waals surface area contributed by atoms with Gasteiger partial charge in [-0.05, 0) is 42.8 Å². The number of carbonyl (C=O) groups excluding carboxylic acids is 2. The predicted molar refractivity (Wildman–Crippen MR) is 108 cm³/mol. The van der Waals surface area contributed by atoms with Gasteiger partial charge >= 0.3 is 0 Å². The zero-order chi connectivity index (χ0) is 20.0. The van der Waals surface area contributed by atoms with Crippen LogP contribution in [0.5, 0.6) is 5.75 Å². The number of carbonyl (C=O) groups is 2. The van der Waals surface area contributed by atoms with Crippen LogP contribution in [-0.4, -0.2) is 39.1 Å². The molecule has 0 aliphatic carbocycles. The van der Waals surface area contributed by atoms with Crippen LogP contribution < -0.4 is 20.3 Å². The van der Waals surface area contributed by atoms with E-state index in [2.05, 4.69) is 10.6 Å². The van der Waals surface area contributed by atoms with Gasteiger partial charge in [-0.3, -0.25) is 9.59 Å². The molecule has 8 heteroatoms. The maximum atomic E-state index is 12.2. The van der Waals surface area contributed by atoms with Crippen molar-refractivity contribution in [1.82, 2.24) is 0 Å². The summed E-state index contributed by atoms with van der Waals surface area (Å²) in [4.78, 5) is 25.1. The van der Waals surface area contributed by atoms with Gasteiger partial charge in [0, 0.05) is 15.7 Å². The molecule has 1 atom stereocenters. The Balaban J connectivity index is 1.88. The Morgan fingerprint density at radius 3 is 2.33 bits per heavy atom. The number of nitrogens with one attached hydrogen (secondary N) is 3. The molecule has 2 aromatic rings. The number of methoxy groups -OCH3 is 1. The first-order chi connectivity index (χ1) is 12.8. The maximum Gasteiger partial charge on any atom is 0.279 e. The molecule has 2 amide bonds. The molecule has 0 spiro atoms. The van der Waals surface area contributed by atoms with Gasteiger partial charge in [0.25, 0.3) is 11.8 Å². The molecule has 0 fully saturated rings. The van der Waals surface area contributed by atoms with Crippen LogP contribution in [0.3, 0.4) is 0 Å². The molecule has 0 aliphatic heterocycles. The molecule has 6 nitrogen and oxygen atoms in total. The van der Waals surface area contributed by atoms with E-state index < -0.39 is 0 Å². The van der Waals surface area contributed by atoms with Gasteiger partial charge in [-0.25, -0.2) is 0 Å². The minimum absolute atomic E-state index is 0.109. The van der Waals surface area contributed by atoms with Crippen molar-refractivity contribution in [3.8, 4) is 5.75 Å². The van der Waals surface area contributed by atoms with Crippen LogP contribution in [0.15, 0.2) is 36.4 Å². The van der Waals surface area contributed by atoms with Crippen LogP contribution in [0.25, 0.3) is 0 Å². The van der Waals surface area contributed by atoms with Crippen molar-refractivity contribution < 1.29 is 19.2 Å². The first-order valence-corrected chi connectivity index (χ1v) is 9.04. The lowest BCUT2D eigenvalue weighted by molar-refractivity contribution is -0.862. The molecule has 2 rings (SSSR count). The number of amides is 2. The van der Waals surface area contributed by atoms with Gasteiger partial charge in [0.05, 0.1) is 19.8 Å². The lowest BCUT2D eigenvalue weighted by Gasteiger charge is -2.15. The number of ether oxygens (including phenoxy) is 1. The zero-order valence-electron chi connectivity index (χ0n) is 15.4. The van der Waals surface area contributed by atoms with E-state index in [4.69, 9.17) is 27.9 Å². The Morgan fingerprint density at radius 1 is 1.04 bits per heavy atom. The van der Waals surface area contributed by atoms with Gasteiger partial charge in [0.2, 0.25) is 0 Å². The van der Waals surface area contributed by atoms with Crippen molar-refractivity contribution >= 4 is 46.4 Å². The van der Waals surface area contributed by atoms with Gasteiger partial charge in [0.1, 0.15) is 5.75 Å². The lowest BCUT2D eigenvalue weighted by atomic mass is 10.2. The molecule has 0 radical (unpaired) electrons. The molecule has 27 heavy (non-hydrogen) atoms. The standard InChI is InChI=1S/C19H21Cl2N3O3/c1-12-4-6-14(9-15(12)21)22-18(25)10-24(2)11-19(26)23-16-8-13(20)5-7-17(16)27-3/h4-9H,10-11H2,1-3H3,(H,22,25)(H,23,26)/p+1. The molecule has 3 N–H and O–H groups in total. The summed E-state index contributed by atoms with van der Waals surface area (Å²) in [6, 6.07) is 10.3. The molecule has 0 aliphatic rings. The fourth-order valence-corrected chi connectivity index (χ4v) is 2.81. The SMILES string of the molecule is COc1ccc(Cl)cc1NC(=O)C[NH+](C)CC(=O)Nc1ccc(C)c(Cl)c1. The number of aryl methyl sites for hydroxylation is 1. The maximum absolute atomic E-state index is 12.2. The third kappa shape index (κ3) is 6.43. The summed E-state index contributed by atoms with van der Waals surface area (Å²) in [5, 5.41) is 6.60. The summed E-state index contributed by atoms with van der Waals surface area (Å²) in [7, 11) is 3.27. The molecular formula is C19H22Cl2N3O3+. The lowest BCUT2D eigenvalue weighted by Crippen LogP contribution is -3.11. The molecule has 1 unspecified atom stereocenters. The van der Waals surface area contributed by atoms with Crippen LogP contribution in [0.1, 0.15) is 5.56 Å². The topological polar surface area (TPSA) is 71.9 Å². The number of benzene rings is 2. The Kier molecular flexibility index (Phi) is 7.47. The van der Waals surface area contributed by atoms with Crippen LogP contribution in [0.2, 0.25) is 10.0 Å². The van der Waals surface area contributed by atoms with Gasteiger partial charge in [-0.2, -0.15) is 0 Å². The van der Waals surface area contributed by atoms with Crippen LogP contribution >= 0.6 is 23.2 Å². The van der Waals surface area contributed by atoms with Gasteiger partial charge in [0.15, 0.2) is 13.1 Å². The minimum Gasteiger partial charge on any atom is -0.495 e. The number of halogens is 2. The number of hydrogen-bond acceptors (Lipinski definition) is 3. The van der Waals surface area contributed by atoms with E-state index in [1.54, 1.807) is 37.4 Å². The van der Waals surface area contributed by atoms with E-state index in [0.29, 0.717) is 27.2 Å². The molecular weight excluding hydrogens is 389 g/mol. The number of anilines is 2. The zero-order valence-corrected chi connectivity index (χ0v) is 16.9. The number of hydrogen-bond donors (Lipinski definition) is 3. The van der Waals surface area contributed by atoms with Crippen molar-refractivity contribution in [3.05, 3.63) is 52.0 Å². The Bertz CT molecular complexity index is 843. The van der Waals surface area contributed by atoms with Gasteiger partial charge in [-0.1, -0.05) is 29.3 Å². The quantitative estimate of drug-likeness (QED) is 0.656. The highest BCUT2D eigenvalue weighted by molar-refractivity contribution is 6.31. The number of likely N-dealkylation sites (N-methyl/N-ethyl adjacent to an activating group) is 1. The second-order valence-electron chi connectivity index (χ2n) is 6.22. The summed E-state index contributed by atoms with van der Waals surface area (Å²) < 4.78 is 5.20. The first-order valence-electron chi connectivity index (χ1n) is 8.29. The summed E-state index contributed by atoms with van der Waals surface area (Å²) in [5.74, 6) is 0.0548. The van der Waals surface area contributed by atoms with Crippen molar-refractivity contribution in [3.63, 3.8) is 0 Å². The highest BCUT2D eigenvalue weighted by Crippen LogP contribution is 2.27. The summed E-state index contributed by atoms with van der Waals surface area (Å²) in [5.41, 5.74) is 2.04. The monoisotopic (exact) mass is 410 g/mol. The van der Waals surface area contributed by atoms with E-state index in [1.165, 1.54) is 7.11 Å². The highest BCUT2D eigenvalue weighted by atomic mass is 35.5. The molecule has 0 bridgehead atoms. The van der Waals surface area contributed by atoms with Crippen molar-refractivity contribution in [1.29, 1.82) is 0 Å². The largest absolute Gasteiger partial charge is 0.495 e. The van der Waals surface area contributed by atoms with E-state index >= 15 is 0 Å². The Morgan fingerprint density at radius 2 is 1.70 bits per heavy atom. The van der Waals surface area contributed by atoms with Crippen LogP contribution in [0, 0.1) is 6.92 Å². The summed E-state index contributed by atoms with van der Waals surface area (Å²) >= 11 is 12.0. The highest BCUT2D eigenvalue weighted by Gasteiger charge is 2.16. The molecule has 2 aromatic carbocycles. The average molecular weight is 411 g/mol. The predicted octanol–water partition coefficient (Wildman–Crippen LogP) is 2.40. The van der Waals surface area contributed by atoms with Crippen LogP contribution in [0.4, 0.5) is 11.4 Å². The van der Waals surface area contributed by atoms with Crippen LogP contribution in [-0.2, 0) is 9.59 Å². The van der Waals surface area contributed by atoms with Crippen molar-refractivity contribution in [2.24, 2.45) is 0 Å². The third-order valence-electron chi connectivity index (χ3n) is 3.82. The third-order valence-corrected chi connectivity index (χ3v) is 4.46. The number of quaternary nitrogens is 1. The average Bonchev–Trinajstić information content (AvgIpc) is 2.58. The minimum atomic E-state index is -0.251. The second-order valence-corrected chi connectivity index (χ2v) is 7.06. The first kappa shape index (κ1) is 21.0. The smallest absolute Gasteiger partial charge is 0.279 e. The Hall–Kier alpha value is -2.28. The molecule has 144 valence electrons. The van der Waals surface area contributed by atoms with Crippen molar-refractivity contribution in [2.75, 3.05) is 37.9 Å². The molecule has 0 heterocycles. The summed E-state index contributed by atoms with van der Waals surface area (Å²) in [6.45, 7) is 2.13. The fourth-order valence-electron chi connectivity index (χ4n) is 2.46. The normalized spacial score (nSPS) is 11.6. The molecule has 0 saturated carbocycles. The molecule has 0 saturated heterocycles. The van der Waals surface area contributed by atoms with Gasteiger partial charge in [-0.15, -0.1) is 0 Å². The van der Waals surface area contributed by atoms with E-state index in [-0.39, 0.29) is 24.9 Å². The van der Waals surface area contributed by atoms with E-state index in [1.807, 2.05) is 13.0 Å². The van der Waals surface area contributed by atoms with E-state index in [0.717, 1.165) is 10.5 Å². The van der Waals surface area contributed by atoms with E-state index in [9.17, 15) is 9.59 Å². The fraction of sp³-hybridized carbons (Fsp3) is 0.263. The molecule has 0 aromatic heterocycles. The summed E-state index contributed by atoms with van der Waals surface area (Å²) in [6.07, 6.45) is 0. The second kappa shape index (κ2) is 9.60. The Labute approximate surface area is 168 Å². The van der Waals surface area contributed by atoms with Gasteiger partial charge < -0.3 is 20.3 Å².